The molecule has 0 aliphatic carbocycles. The number of phenols is 1. The molecule has 0 aliphatic heterocycles. The van der Waals surface area contributed by atoms with Crippen molar-refractivity contribution in [3.8, 4) is 5.75 Å². The number of fused-ring (bicyclic) bond motifs is 1. The monoisotopic (exact) mass is 164 g/mol. The SMILES string of the molecule is Cc1scc2ccc(O)cc12. The second kappa shape index (κ2) is 2.24. The smallest absolute Gasteiger partial charge is 0.116 e. The Labute approximate surface area is 68.9 Å². The average Bonchev–Trinajstić information content (AvgIpc) is 2.33. The Morgan fingerprint density at radius 1 is 1.36 bits per heavy atom. The lowest BCUT2D eigenvalue weighted by Gasteiger charge is -1.92. The molecule has 0 unspecified atom stereocenters. The molecule has 2 rings (SSSR count). The largest absolute Gasteiger partial charge is 0.508 e. The van der Waals surface area contributed by atoms with Crippen molar-refractivity contribution >= 4 is 22.1 Å². The van der Waals surface area contributed by atoms with E-state index in [1.807, 2.05) is 6.07 Å². The Hall–Kier alpha value is -1.02. The van der Waals surface area contributed by atoms with Gasteiger partial charge < -0.3 is 5.11 Å². The molecule has 1 aromatic heterocycles. The highest BCUT2D eigenvalue weighted by atomic mass is 32.1. The van der Waals surface area contributed by atoms with E-state index in [0.29, 0.717) is 5.75 Å². The molecule has 0 radical (unpaired) electrons. The van der Waals surface area contributed by atoms with E-state index in [1.165, 1.54) is 10.3 Å². The molecule has 11 heavy (non-hydrogen) atoms. The number of hydrogen-bond donors (Lipinski definition) is 1. The maximum atomic E-state index is 9.18. The molecule has 0 saturated heterocycles. The van der Waals surface area contributed by atoms with Crippen LogP contribution in [0.3, 0.4) is 0 Å². The van der Waals surface area contributed by atoms with Crippen molar-refractivity contribution in [1.29, 1.82) is 0 Å². The van der Waals surface area contributed by atoms with Gasteiger partial charge in [0.2, 0.25) is 0 Å². The van der Waals surface area contributed by atoms with Crippen LogP contribution in [0.2, 0.25) is 0 Å². The highest BCUT2D eigenvalue weighted by Gasteiger charge is 1.99. The molecule has 0 spiro atoms. The number of phenolic OH excluding ortho intramolecular Hbond substituents is 1. The van der Waals surface area contributed by atoms with Crippen molar-refractivity contribution in [1.82, 2.24) is 0 Å². The lowest BCUT2D eigenvalue weighted by atomic mass is 10.2. The summed E-state index contributed by atoms with van der Waals surface area (Å²) in [6.07, 6.45) is 0. The van der Waals surface area contributed by atoms with Gasteiger partial charge in [-0.3, -0.25) is 0 Å². The van der Waals surface area contributed by atoms with E-state index < -0.39 is 0 Å². The molecule has 1 aromatic carbocycles. The minimum Gasteiger partial charge on any atom is -0.508 e. The molecule has 0 aliphatic rings. The number of hydrogen-bond acceptors (Lipinski definition) is 2. The van der Waals surface area contributed by atoms with Gasteiger partial charge >= 0.3 is 0 Å². The molecule has 0 atom stereocenters. The second-order valence-electron chi connectivity index (χ2n) is 2.56. The van der Waals surface area contributed by atoms with Gasteiger partial charge in [-0.1, -0.05) is 0 Å². The van der Waals surface area contributed by atoms with Crippen LogP contribution >= 0.6 is 11.3 Å². The molecule has 0 saturated carbocycles. The summed E-state index contributed by atoms with van der Waals surface area (Å²) in [7, 11) is 0. The first-order valence-electron chi connectivity index (χ1n) is 3.44. The van der Waals surface area contributed by atoms with Crippen LogP contribution in [0.1, 0.15) is 4.88 Å². The molecule has 2 aromatic rings. The zero-order valence-corrected chi connectivity index (χ0v) is 6.98. The van der Waals surface area contributed by atoms with Crippen molar-refractivity contribution in [2.45, 2.75) is 6.92 Å². The summed E-state index contributed by atoms with van der Waals surface area (Å²) in [5, 5.41) is 13.7. The average molecular weight is 164 g/mol. The summed E-state index contributed by atoms with van der Waals surface area (Å²) < 4.78 is 0. The van der Waals surface area contributed by atoms with E-state index >= 15 is 0 Å². The highest BCUT2D eigenvalue weighted by molar-refractivity contribution is 7.11. The first-order chi connectivity index (χ1) is 5.27. The quantitative estimate of drug-likeness (QED) is 0.634. The van der Waals surface area contributed by atoms with E-state index in [2.05, 4.69) is 12.3 Å². The third-order valence-corrected chi connectivity index (χ3v) is 2.72. The topological polar surface area (TPSA) is 20.2 Å². The van der Waals surface area contributed by atoms with Crippen LogP contribution in [0, 0.1) is 6.92 Å². The van der Waals surface area contributed by atoms with E-state index in [-0.39, 0.29) is 0 Å². The van der Waals surface area contributed by atoms with Crippen molar-refractivity contribution in [2.75, 3.05) is 0 Å². The van der Waals surface area contributed by atoms with Crippen LogP contribution in [0.4, 0.5) is 0 Å². The Kier molecular flexibility index (Phi) is 1.36. The number of aromatic hydroxyl groups is 1. The maximum absolute atomic E-state index is 9.18. The van der Waals surface area contributed by atoms with Crippen LogP contribution in [-0.4, -0.2) is 5.11 Å². The van der Waals surface area contributed by atoms with Gasteiger partial charge in [0.25, 0.3) is 0 Å². The predicted molar refractivity (Wildman–Crippen MR) is 48.2 cm³/mol. The van der Waals surface area contributed by atoms with Crippen LogP contribution < -0.4 is 0 Å². The van der Waals surface area contributed by atoms with Gasteiger partial charge in [0.05, 0.1) is 0 Å². The molecular formula is C9H8OS. The fraction of sp³-hybridized carbons (Fsp3) is 0.111. The normalized spacial score (nSPS) is 10.6. The zero-order chi connectivity index (χ0) is 7.84. The highest BCUT2D eigenvalue weighted by Crippen LogP contribution is 2.27. The molecule has 0 amide bonds. The fourth-order valence-corrected chi connectivity index (χ4v) is 1.98. The van der Waals surface area contributed by atoms with E-state index in [4.69, 9.17) is 0 Å². The molecule has 1 heterocycles. The summed E-state index contributed by atoms with van der Waals surface area (Å²) in [5.74, 6) is 0.346. The third kappa shape index (κ3) is 0.994. The predicted octanol–water partition coefficient (Wildman–Crippen LogP) is 2.92. The Morgan fingerprint density at radius 3 is 3.00 bits per heavy atom. The first kappa shape index (κ1) is 6.68. The van der Waals surface area contributed by atoms with E-state index in [1.54, 1.807) is 23.5 Å². The molecule has 56 valence electrons. The summed E-state index contributed by atoms with van der Waals surface area (Å²) >= 11 is 1.72. The van der Waals surface area contributed by atoms with Crippen LogP contribution in [-0.2, 0) is 0 Å². The number of thiophene rings is 1. The maximum Gasteiger partial charge on any atom is 0.116 e. The number of benzene rings is 1. The Bertz CT molecular complexity index is 389. The minimum atomic E-state index is 0.346. The summed E-state index contributed by atoms with van der Waals surface area (Å²) in [4.78, 5) is 1.26. The summed E-state index contributed by atoms with van der Waals surface area (Å²) in [6, 6.07) is 5.46. The van der Waals surface area contributed by atoms with Gasteiger partial charge in [-0.25, -0.2) is 0 Å². The van der Waals surface area contributed by atoms with Crippen molar-refractivity contribution in [3.05, 3.63) is 28.5 Å². The van der Waals surface area contributed by atoms with Gasteiger partial charge in [0.15, 0.2) is 0 Å². The molecule has 0 bridgehead atoms. The molecule has 0 fully saturated rings. The van der Waals surface area contributed by atoms with Crippen molar-refractivity contribution in [3.63, 3.8) is 0 Å². The van der Waals surface area contributed by atoms with Gasteiger partial charge in [-0.2, -0.15) is 0 Å². The lowest BCUT2D eigenvalue weighted by molar-refractivity contribution is 0.476. The van der Waals surface area contributed by atoms with E-state index in [0.717, 1.165) is 5.39 Å². The standard InChI is InChI=1S/C9H8OS/c1-6-9-4-8(10)3-2-7(9)5-11-6/h2-5,10H,1H3. The van der Waals surface area contributed by atoms with Gasteiger partial charge in [0, 0.05) is 4.88 Å². The third-order valence-electron chi connectivity index (χ3n) is 1.78. The molecule has 1 N–H and O–H groups in total. The Morgan fingerprint density at radius 2 is 2.18 bits per heavy atom. The van der Waals surface area contributed by atoms with Crippen molar-refractivity contribution < 1.29 is 5.11 Å². The lowest BCUT2D eigenvalue weighted by Crippen LogP contribution is -1.66. The number of aryl methyl sites for hydroxylation is 1. The summed E-state index contributed by atoms with van der Waals surface area (Å²) in [6.45, 7) is 2.06. The molecular weight excluding hydrogens is 156 g/mol. The van der Waals surface area contributed by atoms with E-state index in [9.17, 15) is 5.11 Å². The van der Waals surface area contributed by atoms with Crippen LogP contribution in [0.15, 0.2) is 23.6 Å². The fourth-order valence-electron chi connectivity index (χ4n) is 1.17. The number of rotatable bonds is 0. The first-order valence-corrected chi connectivity index (χ1v) is 4.32. The van der Waals surface area contributed by atoms with Crippen LogP contribution in [0.25, 0.3) is 10.8 Å². The Balaban J connectivity index is 2.87. The van der Waals surface area contributed by atoms with Gasteiger partial charge in [-0.05, 0) is 41.3 Å². The molecule has 1 nitrogen and oxygen atoms in total. The zero-order valence-electron chi connectivity index (χ0n) is 6.16. The summed E-state index contributed by atoms with van der Waals surface area (Å²) in [5.41, 5.74) is 0. The second-order valence-corrected chi connectivity index (χ2v) is 3.65. The van der Waals surface area contributed by atoms with Crippen LogP contribution in [0.5, 0.6) is 5.75 Å². The van der Waals surface area contributed by atoms with Crippen molar-refractivity contribution in [2.24, 2.45) is 0 Å². The van der Waals surface area contributed by atoms with Gasteiger partial charge in [0.1, 0.15) is 5.75 Å². The van der Waals surface area contributed by atoms with Gasteiger partial charge in [-0.15, -0.1) is 11.3 Å². The minimum absolute atomic E-state index is 0.346. The molecule has 2 heteroatoms.